The number of Topliss-reactive ketones (excluding diaryl/α,β-unsaturated/α-hetero) is 1. The van der Waals surface area contributed by atoms with Crippen molar-refractivity contribution in [2.75, 3.05) is 14.2 Å². The average molecular weight is 254 g/mol. The largest absolute Gasteiger partial charge is 0.466 e. The molecule has 6 nitrogen and oxygen atoms in total. The molecule has 2 rings (SSSR count). The van der Waals surface area contributed by atoms with Crippen molar-refractivity contribution in [3.8, 4) is 0 Å². The van der Waals surface area contributed by atoms with Crippen molar-refractivity contribution in [1.82, 2.24) is 0 Å². The number of rotatable bonds is 2. The van der Waals surface area contributed by atoms with Gasteiger partial charge >= 0.3 is 11.9 Å². The van der Waals surface area contributed by atoms with E-state index >= 15 is 0 Å². The van der Waals surface area contributed by atoms with Gasteiger partial charge in [-0.15, -0.1) is 0 Å². The van der Waals surface area contributed by atoms with Gasteiger partial charge in [-0.3, -0.25) is 4.79 Å². The number of esters is 2. The third-order valence-electron chi connectivity index (χ3n) is 3.68. The summed E-state index contributed by atoms with van der Waals surface area (Å²) in [5.41, 5.74) is -1.65. The van der Waals surface area contributed by atoms with Crippen molar-refractivity contribution >= 4 is 17.7 Å². The minimum Gasteiger partial charge on any atom is -0.466 e. The molecule has 0 spiro atoms. The Hall–Kier alpha value is -1.69. The first kappa shape index (κ1) is 12.8. The van der Waals surface area contributed by atoms with Gasteiger partial charge in [-0.1, -0.05) is 0 Å². The molecule has 0 saturated heterocycles. The van der Waals surface area contributed by atoms with Crippen LogP contribution in [0.4, 0.5) is 0 Å². The summed E-state index contributed by atoms with van der Waals surface area (Å²) in [6.45, 7) is 0. The molecule has 1 N–H and O–H groups in total. The zero-order valence-electron chi connectivity index (χ0n) is 10.2. The molecule has 0 aromatic rings. The highest BCUT2D eigenvalue weighted by Gasteiger charge is 2.58. The highest BCUT2D eigenvalue weighted by atomic mass is 16.5. The Morgan fingerprint density at radius 3 is 2.44 bits per heavy atom. The number of methoxy groups -OCH3 is 2. The van der Waals surface area contributed by atoms with Gasteiger partial charge in [0.05, 0.1) is 31.3 Å². The molecule has 0 unspecified atom stereocenters. The van der Waals surface area contributed by atoms with Gasteiger partial charge in [0.1, 0.15) is 11.4 Å². The SMILES string of the molecule is COC(=O)C1=C(C(=O)OC)[C@]2(O)CCC(=O)[C@@H]2C1. The Morgan fingerprint density at radius 1 is 1.28 bits per heavy atom. The Morgan fingerprint density at radius 2 is 1.89 bits per heavy atom. The lowest BCUT2D eigenvalue weighted by atomic mass is 9.89. The third-order valence-corrected chi connectivity index (χ3v) is 3.68. The second kappa shape index (κ2) is 4.20. The molecular weight excluding hydrogens is 240 g/mol. The number of carbonyl (C=O) groups is 3. The number of carbonyl (C=O) groups excluding carboxylic acids is 3. The summed E-state index contributed by atoms with van der Waals surface area (Å²) in [4.78, 5) is 35.0. The molecule has 0 heterocycles. The zero-order chi connectivity index (χ0) is 13.5. The predicted octanol–water partition coefficient (Wildman–Crippen LogP) is -0.257. The summed E-state index contributed by atoms with van der Waals surface area (Å²) in [7, 11) is 2.35. The molecular formula is C12H14O6. The number of hydrogen-bond acceptors (Lipinski definition) is 6. The summed E-state index contributed by atoms with van der Waals surface area (Å²) in [6.07, 6.45) is 0.379. The fourth-order valence-electron chi connectivity index (χ4n) is 2.79. The number of ether oxygens (including phenoxy) is 2. The summed E-state index contributed by atoms with van der Waals surface area (Å²) >= 11 is 0. The van der Waals surface area contributed by atoms with Gasteiger partial charge < -0.3 is 14.6 Å². The van der Waals surface area contributed by atoms with Crippen LogP contribution in [0, 0.1) is 5.92 Å². The van der Waals surface area contributed by atoms with Gasteiger partial charge in [-0.05, 0) is 12.8 Å². The van der Waals surface area contributed by atoms with E-state index in [1.807, 2.05) is 0 Å². The number of ketones is 1. The van der Waals surface area contributed by atoms with Crippen molar-refractivity contribution in [2.45, 2.75) is 24.9 Å². The summed E-state index contributed by atoms with van der Waals surface area (Å²) in [5.74, 6) is -2.36. The standard InChI is InChI=1S/C12H14O6/c1-17-10(14)6-5-7-8(13)3-4-12(7,16)9(6)11(15)18-2/h7,16H,3-5H2,1-2H3/t7-,12-/m0/s1. The van der Waals surface area contributed by atoms with Gasteiger partial charge in [-0.25, -0.2) is 9.59 Å². The second-order valence-electron chi connectivity index (χ2n) is 4.48. The van der Waals surface area contributed by atoms with Crippen molar-refractivity contribution in [1.29, 1.82) is 0 Å². The average Bonchev–Trinajstić information content (AvgIpc) is 2.82. The molecule has 0 aliphatic heterocycles. The van der Waals surface area contributed by atoms with Crippen LogP contribution >= 0.6 is 0 Å². The van der Waals surface area contributed by atoms with Gasteiger partial charge in [0.15, 0.2) is 0 Å². The fourth-order valence-corrected chi connectivity index (χ4v) is 2.79. The number of hydrogen-bond donors (Lipinski definition) is 1. The first-order valence-corrected chi connectivity index (χ1v) is 5.61. The van der Waals surface area contributed by atoms with E-state index in [2.05, 4.69) is 9.47 Å². The smallest absolute Gasteiger partial charge is 0.337 e. The number of aliphatic hydroxyl groups is 1. The van der Waals surface area contributed by atoms with Crippen LogP contribution < -0.4 is 0 Å². The molecule has 98 valence electrons. The maximum Gasteiger partial charge on any atom is 0.337 e. The van der Waals surface area contributed by atoms with Crippen molar-refractivity contribution in [3.63, 3.8) is 0 Å². The van der Waals surface area contributed by atoms with Crippen LogP contribution in [-0.2, 0) is 23.9 Å². The molecule has 1 fully saturated rings. The molecule has 2 aliphatic rings. The van der Waals surface area contributed by atoms with Crippen LogP contribution in [0.3, 0.4) is 0 Å². The lowest BCUT2D eigenvalue weighted by Gasteiger charge is -2.23. The van der Waals surface area contributed by atoms with Crippen molar-refractivity contribution in [2.24, 2.45) is 5.92 Å². The molecule has 0 aromatic carbocycles. The highest BCUT2D eigenvalue weighted by Crippen LogP contribution is 2.49. The van der Waals surface area contributed by atoms with E-state index in [4.69, 9.17) is 0 Å². The van der Waals surface area contributed by atoms with E-state index in [9.17, 15) is 19.5 Å². The second-order valence-corrected chi connectivity index (χ2v) is 4.48. The van der Waals surface area contributed by atoms with E-state index in [-0.39, 0.29) is 36.2 Å². The monoisotopic (exact) mass is 254 g/mol. The fraction of sp³-hybridized carbons (Fsp3) is 0.583. The topological polar surface area (TPSA) is 89.9 Å². The predicted molar refractivity (Wildman–Crippen MR) is 58.4 cm³/mol. The Labute approximate surface area is 104 Å². The molecule has 2 aliphatic carbocycles. The lowest BCUT2D eigenvalue weighted by Crippen LogP contribution is -2.37. The Balaban J connectivity index is 2.51. The van der Waals surface area contributed by atoms with E-state index in [0.717, 1.165) is 7.11 Å². The van der Waals surface area contributed by atoms with Crippen LogP contribution in [0.25, 0.3) is 0 Å². The normalized spacial score (nSPS) is 30.4. The Kier molecular flexibility index (Phi) is 2.98. The Bertz CT molecular complexity index is 463. The van der Waals surface area contributed by atoms with Crippen LogP contribution in [0.2, 0.25) is 0 Å². The quantitative estimate of drug-likeness (QED) is 0.683. The van der Waals surface area contributed by atoms with Gasteiger partial charge in [-0.2, -0.15) is 0 Å². The zero-order valence-corrected chi connectivity index (χ0v) is 10.2. The van der Waals surface area contributed by atoms with Gasteiger partial charge in [0, 0.05) is 6.42 Å². The van der Waals surface area contributed by atoms with E-state index in [1.54, 1.807) is 0 Å². The van der Waals surface area contributed by atoms with Gasteiger partial charge in [0.2, 0.25) is 0 Å². The minimum atomic E-state index is -1.58. The molecule has 2 atom stereocenters. The molecule has 0 bridgehead atoms. The first-order chi connectivity index (χ1) is 8.45. The van der Waals surface area contributed by atoms with Crippen LogP contribution in [0.15, 0.2) is 11.1 Å². The van der Waals surface area contributed by atoms with E-state index in [0.29, 0.717) is 0 Å². The highest BCUT2D eigenvalue weighted by molar-refractivity contribution is 6.06. The van der Waals surface area contributed by atoms with Crippen LogP contribution in [0.1, 0.15) is 19.3 Å². The summed E-state index contributed by atoms with van der Waals surface area (Å²) in [5, 5.41) is 10.5. The molecule has 0 aromatic heterocycles. The minimum absolute atomic E-state index is 0.0342. The van der Waals surface area contributed by atoms with E-state index < -0.39 is 23.5 Å². The first-order valence-electron chi connectivity index (χ1n) is 5.61. The van der Waals surface area contributed by atoms with E-state index in [1.165, 1.54) is 7.11 Å². The van der Waals surface area contributed by atoms with Crippen molar-refractivity contribution < 1.29 is 29.0 Å². The summed E-state index contributed by atoms with van der Waals surface area (Å²) in [6, 6.07) is 0. The number of fused-ring (bicyclic) bond motifs is 1. The summed E-state index contributed by atoms with van der Waals surface area (Å²) < 4.78 is 9.17. The van der Waals surface area contributed by atoms with Crippen molar-refractivity contribution in [3.05, 3.63) is 11.1 Å². The molecule has 18 heavy (non-hydrogen) atoms. The molecule has 0 radical (unpaired) electrons. The lowest BCUT2D eigenvalue weighted by molar-refractivity contribution is -0.141. The molecule has 6 heteroatoms. The maximum atomic E-state index is 11.7. The maximum absolute atomic E-state index is 11.7. The van der Waals surface area contributed by atoms with Crippen LogP contribution in [-0.4, -0.2) is 42.6 Å². The van der Waals surface area contributed by atoms with Crippen LogP contribution in [0.5, 0.6) is 0 Å². The van der Waals surface area contributed by atoms with Gasteiger partial charge in [0.25, 0.3) is 0 Å². The third kappa shape index (κ3) is 1.56. The molecule has 0 amide bonds. The molecule has 1 saturated carbocycles.